The zero-order valence-corrected chi connectivity index (χ0v) is 22.2. The normalized spacial score (nSPS) is 18.1. The van der Waals surface area contributed by atoms with Crippen LogP contribution in [0.2, 0.25) is 0 Å². The van der Waals surface area contributed by atoms with Gasteiger partial charge in [0.25, 0.3) is 5.91 Å². The number of ether oxygens (including phenoxy) is 1. The summed E-state index contributed by atoms with van der Waals surface area (Å²) >= 11 is 0. The Labute approximate surface area is 223 Å². The third-order valence-electron chi connectivity index (χ3n) is 6.71. The molecule has 1 aliphatic rings. The van der Waals surface area contributed by atoms with Crippen LogP contribution < -0.4 is 10.1 Å². The Kier molecular flexibility index (Phi) is 9.58. The van der Waals surface area contributed by atoms with Crippen molar-refractivity contribution < 1.29 is 39.9 Å². The standard InChI is InChI=1S/C25H29F5N4O4S/c1-3-21-33-22(23(35)32-14-16-4-7-17(8-5-16)39(2,36)37)19(13-31)34(21)18-9-6-15(10-11-25(28,29)30)12-20(18)38-24(26)27/h6,9,12,16-17,24H,3-5,7-8,10-11,14H2,1-2H3,(H,32,35)/t16-,17-. The number of carbonyl (C=O) groups excluding carboxylic acids is 1. The topological polar surface area (TPSA) is 114 Å². The van der Waals surface area contributed by atoms with Gasteiger partial charge in [0, 0.05) is 25.6 Å². The lowest BCUT2D eigenvalue weighted by Crippen LogP contribution is -2.34. The van der Waals surface area contributed by atoms with Gasteiger partial charge in [-0.2, -0.15) is 27.2 Å². The molecule has 1 aliphatic carbocycles. The van der Waals surface area contributed by atoms with Crippen LogP contribution in [0.3, 0.4) is 0 Å². The molecule has 8 nitrogen and oxygen atoms in total. The summed E-state index contributed by atoms with van der Waals surface area (Å²) in [6, 6.07) is 5.51. The number of nitriles is 1. The van der Waals surface area contributed by atoms with E-state index in [9.17, 15) is 40.4 Å². The van der Waals surface area contributed by atoms with Gasteiger partial charge in [-0.25, -0.2) is 13.4 Å². The minimum absolute atomic E-state index is 0.0421. The number of nitrogens with one attached hydrogen (secondary N) is 1. The van der Waals surface area contributed by atoms with Gasteiger partial charge in [0.15, 0.2) is 11.4 Å². The van der Waals surface area contributed by atoms with Gasteiger partial charge in [-0.3, -0.25) is 9.36 Å². The summed E-state index contributed by atoms with van der Waals surface area (Å²) in [7, 11) is -3.13. The lowest BCUT2D eigenvalue weighted by molar-refractivity contribution is -0.134. The fourth-order valence-electron chi connectivity index (χ4n) is 4.69. The fraction of sp³-hybridized carbons (Fsp3) is 0.560. The fourth-order valence-corrected chi connectivity index (χ4v) is 5.81. The summed E-state index contributed by atoms with van der Waals surface area (Å²) in [5, 5.41) is 12.2. The van der Waals surface area contributed by atoms with Crippen LogP contribution in [-0.2, 0) is 22.7 Å². The van der Waals surface area contributed by atoms with Crippen molar-refractivity contribution in [2.24, 2.45) is 5.92 Å². The second-order valence-electron chi connectivity index (χ2n) is 9.50. The first kappa shape index (κ1) is 30.3. The summed E-state index contributed by atoms with van der Waals surface area (Å²) in [5.74, 6) is -0.890. The molecule has 0 aliphatic heterocycles. The average Bonchev–Trinajstić information content (AvgIpc) is 3.23. The number of carbonyl (C=O) groups is 1. The van der Waals surface area contributed by atoms with Crippen molar-refractivity contribution in [1.29, 1.82) is 5.26 Å². The second kappa shape index (κ2) is 12.3. The summed E-state index contributed by atoms with van der Waals surface area (Å²) in [4.78, 5) is 17.3. The number of rotatable bonds is 10. The van der Waals surface area contributed by atoms with E-state index in [0.29, 0.717) is 25.7 Å². The van der Waals surface area contributed by atoms with Crippen molar-refractivity contribution in [3.63, 3.8) is 0 Å². The molecule has 1 aromatic carbocycles. The Morgan fingerprint density at radius 3 is 2.46 bits per heavy atom. The van der Waals surface area contributed by atoms with Gasteiger partial charge in [-0.15, -0.1) is 0 Å². The van der Waals surface area contributed by atoms with E-state index in [4.69, 9.17) is 0 Å². The van der Waals surface area contributed by atoms with Crippen LogP contribution in [0.25, 0.3) is 5.69 Å². The highest BCUT2D eigenvalue weighted by Gasteiger charge is 2.30. The molecular weight excluding hydrogens is 547 g/mol. The van der Waals surface area contributed by atoms with Gasteiger partial charge < -0.3 is 10.1 Å². The highest BCUT2D eigenvalue weighted by Crippen LogP contribution is 2.32. The summed E-state index contributed by atoms with van der Waals surface area (Å²) in [6.45, 7) is -1.38. The molecule has 0 saturated heterocycles. The van der Waals surface area contributed by atoms with Crippen LogP contribution in [0.15, 0.2) is 18.2 Å². The summed E-state index contributed by atoms with van der Waals surface area (Å²) in [6.07, 6.45) is -2.47. The van der Waals surface area contributed by atoms with Crippen molar-refractivity contribution in [3.8, 4) is 17.5 Å². The number of hydrogen-bond donors (Lipinski definition) is 1. The van der Waals surface area contributed by atoms with Gasteiger partial charge in [-0.1, -0.05) is 13.0 Å². The Bertz CT molecular complexity index is 1330. The molecule has 1 heterocycles. The highest BCUT2D eigenvalue weighted by atomic mass is 32.2. The van der Waals surface area contributed by atoms with Gasteiger partial charge in [0.05, 0.1) is 10.9 Å². The Hall–Kier alpha value is -3.21. The van der Waals surface area contributed by atoms with E-state index in [0.717, 1.165) is 6.07 Å². The molecule has 0 atom stereocenters. The Morgan fingerprint density at radius 1 is 1.26 bits per heavy atom. The molecule has 0 radical (unpaired) electrons. The van der Waals surface area contributed by atoms with Crippen LogP contribution in [0, 0.1) is 17.2 Å². The molecule has 0 unspecified atom stereocenters. The van der Waals surface area contributed by atoms with Crippen molar-refractivity contribution in [2.45, 2.75) is 69.9 Å². The summed E-state index contributed by atoms with van der Waals surface area (Å²) in [5.41, 5.74) is -0.437. The number of aryl methyl sites for hydroxylation is 2. The molecular formula is C25H29F5N4O4S. The number of nitrogens with zero attached hydrogens (tertiary/aromatic N) is 3. The minimum Gasteiger partial charge on any atom is -0.433 e. The maximum absolute atomic E-state index is 13.2. The van der Waals surface area contributed by atoms with E-state index in [1.165, 1.54) is 23.0 Å². The predicted octanol–water partition coefficient (Wildman–Crippen LogP) is 4.74. The number of sulfone groups is 1. The molecule has 14 heteroatoms. The van der Waals surface area contributed by atoms with Crippen molar-refractivity contribution >= 4 is 15.7 Å². The number of benzene rings is 1. The van der Waals surface area contributed by atoms with E-state index in [1.807, 2.05) is 6.07 Å². The summed E-state index contributed by atoms with van der Waals surface area (Å²) < 4.78 is 93.7. The molecule has 1 saturated carbocycles. The van der Waals surface area contributed by atoms with Crippen LogP contribution in [0.1, 0.15) is 66.6 Å². The van der Waals surface area contributed by atoms with Crippen LogP contribution in [0.4, 0.5) is 22.0 Å². The molecule has 1 N–H and O–H groups in total. The van der Waals surface area contributed by atoms with Crippen molar-refractivity contribution in [2.75, 3.05) is 12.8 Å². The van der Waals surface area contributed by atoms with Gasteiger partial charge in [0.2, 0.25) is 0 Å². The minimum atomic E-state index is -4.44. The van der Waals surface area contributed by atoms with Crippen LogP contribution in [0.5, 0.6) is 5.75 Å². The predicted molar refractivity (Wildman–Crippen MR) is 132 cm³/mol. The number of halogens is 5. The molecule has 1 fully saturated rings. The molecule has 39 heavy (non-hydrogen) atoms. The third-order valence-corrected chi connectivity index (χ3v) is 8.40. The molecule has 3 rings (SSSR count). The molecule has 2 aromatic rings. The van der Waals surface area contributed by atoms with Crippen LogP contribution in [-0.4, -0.2) is 54.7 Å². The van der Waals surface area contributed by atoms with E-state index in [-0.39, 0.29) is 47.3 Å². The molecule has 0 spiro atoms. The molecule has 1 aromatic heterocycles. The molecule has 1 amide bonds. The maximum atomic E-state index is 13.2. The zero-order chi connectivity index (χ0) is 29.0. The van der Waals surface area contributed by atoms with Crippen molar-refractivity contribution in [1.82, 2.24) is 14.9 Å². The lowest BCUT2D eigenvalue weighted by atomic mass is 9.89. The molecule has 214 valence electrons. The van der Waals surface area contributed by atoms with Crippen LogP contribution >= 0.6 is 0 Å². The number of hydrogen-bond acceptors (Lipinski definition) is 6. The number of amides is 1. The first-order chi connectivity index (χ1) is 18.2. The Morgan fingerprint density at radius 2 is 1.92 bits per heavy atom. The van der Waals surface area contributed by atoms with E-state index in [2.05, 4.69) is 15.0 Å². The van der Waals surface area contributed by atoms with Gasteiger partial charge in [0.1, 0.15) is 27.5 Å². The number of alkyl halides is 5. The first-order valence-electron chi connectivity index (χ1n) is 12.4. The average molecular weight is 577 g/mol. The van der Waals surface area contributed by atoms with Gasteiger partial charge in [-0.05, 0) is 55.7 Å². The van der Waals surface area contributed by atoms with E-state index in [1.54, 1.807) is 6.92 Å². The second-order valence-corrected chi connectivity index (χ2v) is 11.8. The third kappa shape index (κ3) is 7.90. The molecule has 0 bridgehead atoms. The number of imidazole rings is 1. The number of aromatic nitrogens is 2. The zero-order valence-electron chi connectivity index (χ0n) is 21.4. The highest BCUT2D eigenvalue weighted by molar-refractivity contribution is 7.91. The van der Waals surface area contributed by atoms with E-state index < -0.39 is 52.4 Å². The van der Waals surface area contributed by atoms with E-state index >= 15 is 0 Å². The maximum Gasteiger partial charge on any atom is 0.389 e. The SMILES string of the molecule is CCc1nc(C(=O)NC[C@H]2CC[C@H](S(C)(=O)=O)CC2)c(C#N)n1-c1ccc(CCC(F)(F)F)cc1OC(F)F. The Balaban J connectivity index is 1.87. The van der Waals surface area contributed by atoms with Crippen molar-refractivity contribution in [3.05, 3.63) is 41.0 Å². The smallest absolute Gasteiger partial charge is 0.389 e. The largest absolute Gasteiger partial charge is 0.433 e. The first-order valence-corrected chi connectivity index (χ1v) is 14.3. The quantitative estimate of drug-likeness (QED) is 0.409. The monoisotopic (exact) mass is 576 g/mol. The lowest BCUT2D eigenvalue weighted by Gasteiger charge is -2.27. The van der Waals surface area contributed by atoms with Gasteiger partial charge >= 0.3 is 12.8 Å².